The van der Waals surface area contributed by atoms with Gasteiger partial charge in [-0.1, -0.05) is 37.4 Å². The van der Waals surface area contributed by atoms with E-state index in [2.05, 4.69) is 9.89 Å². The van der Waals surface area contributed by atoms with Gasteiger partial charge in [0.2, 0.25) is 5.91 Å². The van der Waals surface area contributed by atoms with Crippen LogP contribution in [0.15, 0.2) is 4.99 Å². The third kappa shape index (κ3) is 3.90. The molecule has 1 fully saturated rings. The summed E-state index contributed by atoms with van der Waals surface area (Å²) in [6, 6.07) is 0.441. The second kappa shape index (κ2) is 7.34. The summed E-state index contributed by atoms with van der Waals surface area (Å²) in [4.78, 5) is 21.2. The summed E-state index contributed by atoms with van der Waals surface area (Å²) in [5.41, 5.74) is 0. The van der Waals surface area contributed by atoms with Crippen molar-refractivity contribution < 1.29 is 4.79 Å². The molecule has 0 radical (unpaired) electrons. The Hall–Kier alpha value is -0.710. The lowest BCUT2D eigenvalue weighted by Gasteiger charge is -2.29. The van der Waals surface area contributed by atoms with Crippen LogP contribution in [0.5, 0.6) is 0 Å². The summed E-state index contributed by atoms with van der Waals surface area (Å²) < 4.78 is 0. The molecule has 1 aliphatic heterocycles. The van der Waals surface area contributed by atoms with Gasteiger partial charge in [-0.25, -0.2) is 0 Å². The molecule has 5 heteroatoms. The van der Waals surface area contributed by atoms with Crippen LogP contribution in [0.4, 0.5) is 0 Å². The molecule has 114 valence electrons. The normalized spacial score (nSPS) is 22.4. The summed E-state index contributed by atoms with van der Waals surface area (Å²) >= 11 is 1.61. The fourth-order valence-electron chi connectivity index (χ4n) is 2.96. The van der Waals surface area contributed by atoms with Crippen LogP contribution in [0.1, 0.15) is 45.4 Å². The highest BCUT2D eigenvalue weighted by Gasteiger charge is 2.27. The maximum atomic E-state index is 12.6. The Morgan fingerprint density at radius 2 is 2.00 bits per heavy atom. The molecule has 1 saturated carbocycles. The van der Waals surface area contributed by atoms with E-state index in [1.165, 1.54) is 38.5 Å². The van der Waals surface area contributed by atoms with Gasteiger partial charge in [0.1, 0.15) is 0 Å². The minimum Gasteiger partial charge on any atom is -0.353 e. The minimum atomic E-state index is -0.0393. The molecule has 0 bridgehead atoms. The number of amidine groups is 1. The number of nitrogens with zero attached hydrogens (tertiary/aromatic N) is 3. The summed E-state index contributed by atoms with van der Waals surface area (Å²) in [6.45, 7) is 3.84. The van der Waals surface area contributed by atoms with E-state index in [0.717, 1.165) is 18.3 Å². The van der Waals surface area contributed by atoms with Crippen molar-refractivity contribution in [1.29, 1.82) is 0 Å². The van der Waals surface area contributed by atoms with E-state index >= 15 is 0 Å². The lowest BCUT2D eigenvalue weighted by Crippen LogP contribution is -2.41. The van der Waals surface area contributed by atoms with Crippen LogP contribution >= 0.6 is 11.8 Å². The van der Waals surface area contributed by atoms with Crippen LogP contribution in [0.3, 0.4) is 0 Å². The largest absolute Gasteiger partial charge is 0.353 e. The second-order valence-corrected chi connectivity index (χ2v) is 7.25. The maximum absolute atomic E-state index is 12.6. The molecule has 1 unspecified atom stereocenters. The lowest BCUT2D eigenvalue weighted by molar-refractivity contribution is -0.131. The van der Waals surface area contributed by atoms with Crippen molar-refractivity contribution in [3.63, 3.8) is 0 Å². The van der Waals surface area contributed by atoms with E-state index in [1.807, 2.05) is 25.9 Å². The number of thioether (sulfide) groups is 1. The molecule has 4 nitrogen and oxygen atoms in total. The average Bonchev–Trinajstić information content (AvgIpc) is 2.71. The molecule has 0 aromatic heterocycles. The number of aliphatic imine (C=N–C) groups is 1. The molecule has 1 amide bonds. The van der Waals surface area contributed by atoms with Crippen molar-refractivity contribution >= 4 is 22.8 Å². The highest BCUT2D eigenvalue weighted by Crippen LogP contribution is 2.24. The zero-order valence-corrected chi connectivity index (χ0v) is 13.8. The highest BCUT2D eigenvalue weighted by molar-refractivity contribution is 8.14. The summed E-state index contributed by atoms with van der Waals surface area (Å²) in [5.74, 6) is 0.255. The number of carbonyl (C=O) groups excluding carboxylic acids is 1. The zero-order valence-electron chi connectivity index (χ0n) is 13.0. The maximum Gasteiger partial charge on any atom is 0.235 e. The molecular weight excluding hydrogens is 270 g/mol. The van der Waals surface area contributed by atoms with Crippen LogP contribution in [-0.4, -0.2) is 59.4 Å². The third-order valence-corrected chi connectivity index (χ3v) is 5.57. The Morgan fingerprint density at radius 1 is 1.35 bits per heavy atom. The Morgan fingerprint density at radius 3 is 2.55 bits per heavy atom. The van der Waals surface area contributed by atoms with E-state index in [-0.39, 0.29) is 11.2 Å². The summed E-state index contributed by atoms with van der Waals surface area (Å²) in [7, 11) is 4.03. The highest BCUT2D eigenvalue weighted by atomic mass is 32.2. The van der Waals surface area contributed by atoms with Crippen LogP contribution in [0, 0.1) is 0 Å². The summed E-state index contributed by atoms with van der Waals surface area (Å²) in [5, 5.41) is 0.975. The minimum absolute atomic E-state index is 0.0393. The van der Waals surface area contributed by atoms with Crippen molar-refractivity contribution in [2.75, 3.05) is 27.2 Å². The lowest BCUT2D eigenvalue weighted by atomic mass is 10.1. The zero-order chi connectivity index (χ0) is 14.5. The van der Waals surface area contributed by atoms with Gasteiger partial charge in [-0.05, 0) is 19.8 Å². The standard InChI is InChI=1S/C15H27N3OS/c1-12(20-15-16-10-11-17(15)2)14(19)18(3)13-8-6-4-5-7-9-13/h12-13H,4-11H2,1-3H3. The SMILES string of the molecule is CC(SC1=NCCN1C)C(=O)N(C)C1CCCCCC1. The number of hydrogen-bond acceptors (Lipinski definition) is 4. The van der Waals surface area contributed by atoms with E-state index in [0.29, 0.717) is 6.04 Å². The van der Waals surface area contributed by atoms with E-state index in [1.54, 1.807) is 11.8 Å². The van der Waals surface area contributed by atoms with Gasteiger partial charge in [0, 0.05) is 26.7 Å². The molecule has 0 N–H and O–H groups in total. The molecule has 1 atom stereocenters. The number of hydrogen-bond donors (Lipinski definition) is 0. The molecule has 0 spiro atoms. The number of carbonyl (C=O) groups is 1. The van der Waals surface area contributed by atoms with Crippen molar-refractivity contribution in [3.05, 3.63) is 0 Å². The molecule has 20 heavy (non-hydrogen) atoms. The predicted octanol–water partition coefficient (Wildman–Crippen LogP) is 2.59. The molecule has 2 rings (SSSR count). The van der Waals surface area contributed by atoms with Crippen molar-refractivity contribution in [2.45, 2.75) is 56.7 Å². The van der Waals surface area contributed by atoms with Gasteiger partial charge < -0.3 is 9.80 Å². The van der Waals surface area contributed by atoms with Gasteiger partial charge in [-0.3, -0.25) is 9.79 Å². The molecular formula is C15H27N3OS. The Balaban J connectivity index is 1.88. The van der Waals surface area contributed by atoms with E-state index in [9.17, 15) is 4.79 Å². The van der Waals surface area contributed by atoms with Crippen LogP contribution < -0.4 is 0 Å². The summed E-state index contributed by atoms with van der Waals surface area (Å²) in [6.07, 6.45) is 7.51. The fourth-order valence-corrected chi connectivity index (χ4v) is 3.98. The van der Waals surface area contributed by atoms with E-state index < -0.39 is 0 Å². The van der Waals surface area contributed by atoms with Crippen LogP contribution in [0.2, 0.25) is 0 Å². The molecule has 1 heterocycles. The average molecular weight is 297 g/mol. The van der Waals surface area contributed by atoms with Crippen LogP contribution in [0.25, 0.3) is 0 Å². The number of amides is 1. The first kappa shape index (κ1) is 15.7. The Kier molecular flexibility index (Phi) is 5.75. The molecule has 0 aromatic carbocycles. The van der Waals surface area contributed by atoms with Crippen molar-refractivity contribution in [1.82, 2.24) is 9.80 Å². The van der Waals surface area contributed by atoms with Gasteiger partial charge in [-0.15, -0.1) is 0 Å². The Labute approximate surface area is 127 Å². The third-order valence-electron chi connectivity index (χ3n) is 4.36. The fraction of sp³-hybridized carbons (Fsp3) is 0.867. The van der Waals surface area contributed by atoms with Crippen molar-refractivity contribution in [2.24, 2.45) is 4.99 Å². The van der Waals surface area contributed by atoms with Gasteiger partial charge in [-0.2, -0.15) is 0 Å². The van der Waals surface area contributed by atoms with Gasteiger partial charge in [0.25, 0.3) is 0 Å². The first-order valence-electron chi connectivity index (χ1n) is 7.78. The molecule has 1 aliphatic carbocycles. The number of likely N-dealkylation sites (N-methyl/N-ethyl adjacent to an activating group) is 1. The van der Waals surface area contributed by atoms with Crippen LogP contribution in [-0.2, 0) is 4.79 Å². The molecule has 2 aliphatic rings. The molecule has 0 saturated heterocycles. The Bertz CT molecular complexity index is 364. The second-order valence-electron chi connectivity index (χ2n) is 5.94. The first-order valence-corrected chi connectivity index (χ1v) is 8.66. The monoisotopic (exact) mass is 297 g/mol. The predicted molar refractivity (Wildman–Crippen MR) is 86.2 cm³/mol. The van der Waals surface area contributed by atoms with Crippen molar-refractivity contribution in [3.8, 4) is 0 Å². The quantitative estimate of drug-likeness (QED) is 0.751. The molecule has 0 aromatic rings. The number of rotatable bonds is 3. The smallest absolute Gasteiger partial charge is 0.235 e. The van der Waals surface area contributed by atoms with Gasteiger partial charge in [0.15, 0.2) is 5.17 Å². The van der Waals surface area contributed by atoms with Gasteiger partial charge in [0.05, 0.1) is 11.8 Å². The topological polar surface area (TPSA) is 35.9 Å². The van der Waals surface area contributed by atoms with Gasteiger partial charge >= 0.3 is 0 Å². The first-order chi connectivity index (χ1) is 9.59. The van der Waals surface area contributed by atoms with E-state index in [4.69, 9.17) is 0 Å².